The van der Waals surface area contributed by atoms with Crippen molar-refractivity contribution in [1.82, 2.24) is 0 Å². The second-order valence-corrected chi connectivity index (χ2v) is 6.78. The normalized spacial score (nSPS) is 15.2. The van der Waals surface area contributed by atoms with E-state index in [9.17, 15) is 0 Å². The van der Waals surface area contributed by atoms with Crippen molar-refractivity contribution in [3.8, 4) is 0 Å². The van der Waals surface area contributed by atoms with Crippen LogP contribution in [0.4, 0.5) is 0 Å². The van der Waals surface area contributed by atoms with Gasteiger partial charge in [-0.2, -0.15) is 0 Å². The van der Waals surface area contributed by atoms with E-state index in [-0.39, 0.29) is 0 Å². The highest BCUT2D eigenvalue weighted by Gasteiger charge is 2.06. The van der Waals surface area contributed by atoms with Gasteiger partial charge >= 0.3 is 0 Å². The Balaban J connectivity index is 3.61. The minimum absolute atomic E-state index is 0.301. The van der Waals surface area contributed by atoms with Gasteiger partial charge in [0, 0.05) is 6.61 Å². The third kappa shape index (κ3) is 9.83. The average Bonchev–Trinajstić information content (AvgIpc) is 2.00. The van der Waals surface area contributed by atoms with Crippen molar-refractivity contribution >= 4 is 9.04 Å². The zero-order chi connectivity index (χ0) is 10.3. The van der Waals surface area contributed by atoms with Gasteiger partial charge in [0.05, 0.1) is 0 Å². The van der Waals surface area contributed by atoms with Crippen molar-refractivity contribution in [2.24, 2.45) is 5.41 Å². The van der Waals surface area contributed by atoms with Crippen LogP contribution in [0.1, 0.15) is 40.5 Å². The van der Waals surface area contributed by atoms with Crippen molar-refractivity contribution < 1.29 is 4.43 Å². The second-order valence-electron chi connectivity index (χ2n) is 4.65. The monoisotopic (exact) mass is 200 g/mol. The molecule has 0 N–H and O–H groups in total. The highest BCUT2D eigenvalue weighted by atomic mass is 28.3. The van der Waals surface area contributed by atoms with E-state index in [0.29, 0.717) is 5.41 Å². The van der Waals surface area contributed by atoms with Gasteiger partial charge in [-0.05, 0) is 18.4 Å². The number of unbranched alkanes of at least 4 members (excludes halogenated alkanes) is 1. The summed E-state index contributed by atoms with van der Waals surface area (Å²) < 4.78 is 5.73. The Labute approximate surface area is 84.9 Å². The molecule has 0 amide bonds. The van der Waals surface area contributed by atoms with Crippen molar-refractivity contribution in [2.75, 3.05) is 6.61 Å². The maximum Gasteiger partial charge on any atom is 0.197 e. The highest BCUT2D eigenvalue weighted by Crippen LogP contribution is 2.14. The molecule has 1 nitrogen and oxygen atoms in total. The van der Waals surface area contributed by atoms with Gasteiger partial charge in [0.2, 0.25) is 0 Å². The maximum absolute atomic E-state index is 5.73. The zero-order valence-electron chi connectivity index (χ0n) is 9.76. The van der Waals surface area contributed by atoms with E-state index in [1.54, 1.807) is 0 Å². The van der Waals surface area contributed by atoms with E-state index in [1.807, 2.05) is 0 Å². The Bertz CT molecular complexity index is 147. The summed E-state index contributed by atoms with van der Waals surface area (Å²) >= 11 is 0. The van der Waals surface area contributed by atoms with Crippen LogP contribution in [0, 0.1) is 5.41 Å². The molecule has 1 atom stereocenters. The van der Waals surface area contributed by atoms with Crippen LogP contribution >= 0.6 is 0 Å². The molecule has 0 aliphatic rings. The first-order chi connectivity index (χ1) is 5.95. The quantitative estimate of drug-likeness (QED) is 0.489. The van der Waals surface area contributed by atoms with Crippen LogP contribution in [0.3, 0.4) is 0 Å². The number of rotatable bonds is 5. The molecule has 0 aromatic carbocycles. The summed E-state index contributed by atoms with van der Waals surface area (Å²) in [4.78, 5) is 0. The topological polar surface area (TPSA) is 9.23 Å². The molecule has 0 bridgehead atoms. The molecular weight excluding hydrogens is 176 g/mol. The molecule has 13 heavy (non-hydrogen) atoms. The zero-order valence-corrected chi connectivity index (χ0v) is 10.9. The molecule has 0 radical (unpaired) electrons. The van der Waals surface area contributed by atoms with E-state index >= 15 is 0 Å². The second kappa shape index (κ2) is 6.38. The minimum atomic E-state index is -1.01. The van der Waals surface area contributed by atoms with Crippen LogP contribution in [0.5, 0.6) is 0 Å². The van der Waals surface area contributed by atoms with Gasteiger partial charge in [-0.25, -0.2) is 0 Å². The first kappa shape index (κ1) is 12.9. The summed E-state index contributed by atoms with van der Waals surface area (Å²) in [5.41, 5.74) is 2.59. The van der Waals surface area contributed by atoms with Crippen molar-refractivity contribution in [2.45, 2.75) is 47.1 Å². The molecular formula is C11H24OSi. The first-order valence-corrected chi connectivity index (χ1v) is 7.56. The van der Waals surface area contributed by atoms with Crippen molar-refractivity contribution in [1.29, 1.82) is 0 Å². The standard InChI is InChI=1S/C11H24OSi/c1-6-7-9-12-13(5)10-8-11(2,3)4/h8,10,13H,6-7,9H2,1-5H3. The highest BCUT2D eigenvalue weighted by molar-refractivity contribution is 6.56. The summed E-state index contributed by atoms with van der Waals surface area (Å²) in [6, 6.07) is 0. The molecule has 1 unspecified atom stereocenters. The van der Waals surface area contributed by atoms with Gasteiger partial charge in [0.15, 0.2) is 9.04 Å². The fraction of sp³-hybridized carbons (Fsp3) is 0.818. The van der Waals surface area contributed by atoms with E-state index in [4.69, 9.17) is 4.43 Å². The predicted octanol–water partition coefficient (Wildman–Crippen LogP) is 3.30. The Morgan fingerprint density at radius 1 is 1.31 bits per heavy atom. The smallest absolute Gasteiger partial charge is 0.197 e. The maximum atomic E-state index is 5.73. The lowest BCUT2D eigenvalue weighted by Crippen LogP contribution is -2.12. The molecule has 0 aliphatic heterocycles. The van der Waals surface area contributed by atoms with Gasteiger partial charge in [-0.15, -0.1) is 0 Å². The summed E-state index contributed by atoms with van der Waals surface area (Å²) in [5, 5.41) is 0. The van der Waals surface area contributed by atoms with Crippen LogP contribution in [0.2, 0.25) is 6.55 Å². The van der Waals surface area contributed by atoms with E-state index in [0.717, 1.165) is 6.61 Å². The van der Waals surface area contributed by atoms with E-state index < -0.39 is 9.04 Å². The predicted molar refractivity (Wildman–Crippen MR) is 62.5 cm³/mol. The SMILES string of the molecule is CCCCO[SiH](C)C=CC(C)(C)C. The van der Waals surface area contributed by atoms with Gasteiger partial charge in [0.25, 0.3) is 0 Å². The van der Waals surface area contributed by atoms with Gasteiger partial charge in [0.1, 0.15) is 0 Å². The fourth-order valence-corrected chi connectivity index (χ4v) is 2.39. The van der Waals surface area contributed by atoms with Crippen molar-refractivity contribution in [3.63, 3.8) is 0 Å². The van der Waals surface area contributed by atoms with Gasteiger partial charge in [-0.1, -0.05) is 45.9 Å². The summed E-state index contributed by atoms with van der Waals surface area (Å²) in [5.74, 6) is 0. The van der Waals surface area contributed by atoms with Crippen molar-refractivity contribution in [3.05, 3.63) is 11.8 Å². The van der Waals surface area contributed by atoms with Crippen LogP contribution < -0.4 is 0 Å². The molecule has 0 aromatic rings. The number of hydrogen-bond acceptors (Lipinski definition) is 1. The largest absolute Gasteiger partial charge is 0.416 e. The Hall–Kier alpha value is -0.0831. The minimum Gasteiger partial charge on any atom is -0.416 e. The molecule has 0 aliphatic carbocycles. The molecule has 0 saturated heterocycles. The molecule has 0 fully saturated rings. The average molecular weight is 200 g/mol. The number of hydrogen-bond donors (Lipinski definition) is 0. The third-order valence-corrected chi connectivity index (χ3v) is 3.24. The molecule has 0 heterocycles. The lowest BCUT2D eigenvalue weighted by molar-refractivity contribution is 0.319. The van der Waals surface area contributed by atoms with E-state index in [2.05, 4.69) is 46.0 Å². The Morgan fingerprint density at radius 2 is 1.92 bits per heavy atom. The molecule has 2 heteroatoms. The van der Waals surface area contributed by atoms with Crippen LogP contribution in [-0.2, 0) is 4.43 Å². The molecule has 0 saturated carbocycles. The molecule has 0 spiro atoms. The molecule has 0 rings (SSSR count). The fourth-order valence-electron chi connectivity index (χ4n) is 0.893. The lowest BCUT2D eigenvalue weighted by atomic mass is 9.98. The van der Waals surface area contributed by atoms with Gasteiger partial charge in [-0.3, -0.25) is 0 Å². The Kier molecular flexibility index (Phi) is 6.34. The van der Waals surface area contributed by atoms with Crippen LogP contribution in [-0.4, -0.2) is 15.6 Å². The molecule has 0 aromatic heterocycles. The molecule has 78 valence electrons. The van der Waals surface area contributed by atoms with Gasteiger partial charge < -0.3 is 4.43 Å². The lowest BCUT2D eigenvalue weighted by Gasteiger charge is -2.13. The first-order valence-electron chi connectivity index (χ1n) is 5.26. The summed E-state index contributed by atoms with van der Waals surface area (Å²) in [6.07, 6.45) is 4.70. The summed E-state index contributed by atoms with van der Waals surface area (Å²) in [7, 11) is -1.01. The van der Waals surface area contributed by atoms with Crippen LogP contribution in [0.25, 0.3) is 0 Å². The Morgan fingerprint density at radius 3 is 2.38 bits per heavy atom. The third-order valence-electron chi connectivity index (χ3n) is 1.75. The summed E-state index contributed by atoms with van der Waals surface area (Å²) in [6.45, 7) is 12.0. The number of allylic oxidation sites excluding steroid dienone is 1. The van der Waals surface area contributed by atoms with E-state index in [1.165, 1.54) is 12.8 Å². The van der Waals surface area contributed by atoms with Crippen LogP contribution in [0.15, 0.2) is 11.8 Å².